The zero-order valence-electron chi connectivity index (χ0n) is 9.61. The summed E-state index contributed by atoms with van der Waals surface area (Å²) in [5.74, 6) is 0.370. The van der Waals surface area contributed by atoms with Crippen LogP contribution in [0.2, 0.25) is 0 Å². The van der Waals surface area contributed by atoms with E-state index in [1.165, 1.54) is 32.1 Å². The fraction of sp³-hybridized carbons (Fsp3) is 0.917. The van der Waals surface area contributed by atoms with Crippen LogP contribution >= 0.6 is 0 Å². The highest BCUT2D eigenvalue weighted by molar-refractivity contribution is 5.73. The van der Waals surface area contributed by atoms with Crippen molar-refractivity contribution in [2.24, 2.45) is 17.6 Å². The van der Waals surface area contributed by atoms with Crippen LogP contribution in [0.1, 0.15) is 51.9 Å². The average Bonchev–Trinajstić information content (AvgIpc) is 2.26. The van der Waals surface area contributed by atoms with E-state index < -0.39 is 12.0 Å². The van der Waals surface area contributed by atoms with E-state index in [1.54, 1.807) is 0 Å². The molecule has 0 aromatic heterocycles. The molecule has 1 fully saturated rings. The Bertz CT molecular complexity index is 200. The highest BCUT2D eigenvalue weighted by atomic mass is 16.4. The Morgan fingerprint density at radius 1 is 1.40 bits per heavy atom. The van der Waals surface area contributed by atoms with Crippen molar-refractivity contribution in [3.05, 3.63) is 0 Å². The van der Waals surface area contributed by atoms with Gasteiger partial charge in [-0.25, -0.2) is 0 Å². The normalized spacial score (nSPS) is 22.3. The molecule has 0 bridgehead atoms. The van der Waals surface area contributed by atoms with Gasteiger partial charge in [-0.1, -0.05) is 45.4 Å². The third-order valence-corrected chi connectivity index (χ3v) is 3.71. The Labute approximate surface area is 92.0 Å². The van der Waals surface area contributed by atoms with E-state index >= 15 is 0 Å². The minimum absolute atomic E-state index is 0.511. The molecule has 1 unspecified atom stereocenters. The summed E-state index contributed by atoms with van der Waals surface area (Å²) in [6, 6.07) is -0.670. The van der Waals surface area contributed by atoms with Crippen LogP contribution < -0.4 is 5.73 Å². The van der Waals surface area contributed by atoms with Gasteiger partial charge in [0, 0.05) is 0 Å². The lowest BCUT2D eigenvalue weighted by atomic mass is 9.76. The second-order valence-electron chi connectivity index (χ2n) is 4.75. The van der Waals surface area contributed by atoms with Crippen molar-refractivity contribution in [3.63, 3.8) is 0 Å². The molecule has 0 aliphatic heterocycles. The summed E-state index contributed by atoms with van der Waals surface area (Å²) in [4.78, 5) is 10.7. The predicted molar refractivity (Wildman–Crippen MR) is 60.6 cm³/mol. The molecule has 0 heterocycles. The Balaban J connectivity index is 2.43. The molecule has 1 aliphatic rings. The molecular weight excluding hydrogens is 190 g/mol. The van der Waals surface area contributed by atoms with Crippen LogP contribution in [0.4, 0.5) is 0 Å². The number of hydrogen-bond acceptors (Lipinski definition) is 2. The maximum atomic E-state index is 10.7. The molecule has 0 spiro atoms. The van der Waals surface area contributed by atoms with Gasteiger partial charge in [0.25, 0.3) is 0 Å². The van der Waals surface area contributed by atoms with Crippen molar-refractivity contribution < 1.29 is 9.90 Å². The van der Waals surface area contributed by atoms with Gasteiger partial charge in [0.15, 0.2) is 0 Å². The molecule has 0 saturated heterocycles. The first-order chi connectivity index (χ1) is 7.15. The first kappa shape index (κ1) is 12.5. The second-order valence-corrected chi connectivity index (χ2v) is 4.75. The monoisotopic (exact) mass is 213 g/mol. The first-order valence-corrected chi connectivity index (χ1v) is 6.13. The smallest absolute Gasteiger partial charge is 0.320 e. The third kappa shape index (κ3) is 3.82. The molecule has 1 aliphatic carbocycles. The topological polar surface area (TPSA) is 63.3 Å². The van der Waals surface area contributed by atoms with Crippen molar-refractivity contribution in [3.8, 4) is 0 Å². The van der Waals surface area contributed by atoms with Crippen LogP contribution in [0.25, 0.3) is 0 Å². The summed E-state index contributed by atoms with van der Waals surface area (Å²) >= 11 is 0. The van der Waals surface area contributed by atoms with Gasteiger partial charge >= 0.3 is 5.97 Å². The molecular formula is C12H23NO2. The molecule has 1 rings (SSSR count). The summed E-state index contributed by atoms with van der Waals surface area (Å²) in [6.45, 7) is 2.15. The van der Waals surface area contributed by atoms with E-state index in [9.17, 15) is 4.79 Å². The maximum Gasteiger partial charge on any atom is 0.320 e. The zero-order chi connectivity index (χ0) is 11.3. The van der Waals surface area contributed by atoms with Gasteiger partial charge in [-0.2, -0.15) is 0 Å². The molecule has 3 N–H and O–H groups in total. The highest BCUT2D eigenvalue weighted by Gasteiger charge is 2.25. The van der Waals surface area contributed by atoms with Crippen molar-refractivity contribution in [1.82, 2.24) is 0 Å². The summed E-state index contributed by atoms with van der Waals surface area (Å²) in [5, 5.41) is 8.80. The van der Waals surface area contributed by atoms with Gasteiger partial charge < -0.3 is 10.8 Å². The van der Waals surface area contributed by atoms with Gasteiger partial charge in [0.2, 0.25) is 0 Å². The predicted octanol–water partition coefficient (Wildman–Crippen LogP) is 2.39. The van der Waals surface area contributed by atoms with Crippen molar-refractivity contribution >= 4 is 5.97 Å². The van der Waals surface area contributed by atoms with Crippen molar-refractivity contribution in [2.75, 3.05) is 0 Å². The van der Waals surface area contributed by atoms with E-state index in [2.05, 4.69) is 6.92 Å². The molecule has 3 nitrogen and oxygen atoms in total. The molecule has 3 heteroatoms. The third-order valence-electron chi connectivity index (χ3n) is 3.71. The van der Waals surface area contributed by atoms with Crippen LogP contribution in [-0.2, 0) is 4.79 Å². The van der Waals surface area contributed by atoms with Crippen LogP contribution in [0.5, 0.6) is 0 Å². The van der Waals surface area contributed by atoms with Gasteiger partial charge in [-0.3, -0.25) is 4.79 Å². The van der Waals surface area contributed by atoms with Gasteiger partial charge in [0.1, 0.15) is 6.04 Å². The number of carbonyl (C=O) groups is 1. The van der Waals surface area contributed by atoms with E-state index in [0.29, 0.717) is 18.3 Å². The van der Waals surface area contributed by atoms with Crippen LogP contribution in [0, 0.1) is 11.8 Å². The summed E-state index contributed by atoms with van der Waals surface area (Å²) < 4.78 is 0. The maximum absolute atomic E-state index is 10.7. The number of carboxylic acids is 1. The largest absolute Gasteiger partial charge is 0.480 e. The lowest BCUT2D eigenvalue weighted by Gasteiger charge is -2.30. The fourth-order valence-electron chi connectivity index (χ4n) is 2.73. The van der Waals surface area contributed by atoms with E-state index in [1.807, 2.05) is 0 Å². The highest BCUT2D eigenvalue weighted by Crippen LogP contribution is 2.33. The van der Waals surface area contributed by atoms with Crippen LogP contribution in [0.3, 0.4) is 0 Å². The molecule has 1 saturated carbocycles. The summed E-state index contributed by atoms with van der Waals surface area (Å²) in [7, 11) is 0. The summed E-state index contributed by atoms with van der Waals surface area (Å²) in [5.41, 5.74) is 5.60. The Morgan fingerprint density at radius 3 is 2.47 bits per heavy atom. The minimum atomic E-state index is -0.857. The number of carboxylic acid groups (broad SMARTS) is 1. The van der Waals surface area contributed by atoms with Gasteiger partial charge in [-0.05, 0) is 18.3 Å². The SMILES string of the molecule is CCC(C[C@@H](N)C(=O)O)C1CCCCC1. The van der Waals surface area contributed by atoms with Crippen LogP contribution in [0.15, 0.2) is 0 Å². The Kier molecular flexibility index (Phi) is 5.09. The Hall–Kier alpha value is -0.570. The molecule has 0 amide bonds. The Morgan fingerprint density at radius 2 is 2.00 bits per heavy atom. The molecule has 0 radical (unpaired) electrons. The first-order valence-electron chi connectivity index (χ1n) is 6.13. The number of aliphatic carboxylic acids is 1. The standard InChI is InChI=1S/C12H23NO2/c1-2-9(8-11(13)12(14)15)10-6-4-3-5-7-10/h9-11H,2-8,13H2,1H3,(H,14,15)/t9?,11-/m1/s1. The lowest BCUT2D eigenvalue weighted by Crippen LogP contribution is -2.34. The molecule has 88 valence electrons. The second kappa shape index (κ2) is 6.11. The van der Waals surface area contributed by atoms with E-state index in [0.717, 1.165) is 6.42 Å². The number of hydrogen-bond donors (Lipinski definition) is 2. The number of nitrogens with two attached hydrogens (primary N) is 1. The average molecular weight is 213 g/mol. The fourth-order valence-corrected chi connectivity index (χ4v) is 2.73. The van der Waals surface area contributed by atoms with Gasteiger partial charge in [-0.15, -0.1) is 0 Å². The molecule has 15 heavy (non-hydrogen) atoms. The van der Waals surface area contributed by atoms with Crippen molar-refractivity contribution in [2.45, 2.75) is 57.9 Å². The van der Waals surface area contributed by atoms with Gasteiger partial charge in [0.05, 0.1) is 0 Å². The molecule has 0 aromatic carbocycles. The van der Waals surface area contributed by atoms with E-state index in [4.69, 9.17) is 10.8 Å². The van der Waals surface area contributed by atoms with Crippen LogP contribution in [-0.4, -0.2) is 17.1 Å². The number of rotatable bonds is 5. The minimum Gasteiger partial charge on any atom is -0.480 e. The van der Waals surface area contributed by atoms with E-state index in [-0.39, 0.29) is 0 Å². The zero-order valence-corrected chi connectivity index (χ0v) is 9.61. The molecule has 0 aromatic rings. The quantitative estimate of drug-likeness (QED) is 0.737. The summed E-state index contributed by atoms with van der Waals surface area (Å²) in [6.07, 6.45) is 8.21. The lowest BCUT2D eigenvalue weighted by molar-refractivity contribution is -0.139. The van der Waals surface area contributed by atoms with Crippen molar-refractivity contribution in [1.29, 1.82) is 0 Å². The molecule has 2 atom stereocenters.